The molecule has 2 N–H and O–H groups in total. The fourth-order valence-corrected chi connectivity index (χ4v) is 2.24. The molecule has 0 unspecified atom stereocenters. The first-order valence-electron chi connectivity index (χ1n) is 6.16. The average molecular weight is 259 g/mol. The van der Waals surface area contributed by atoms with E-state index in [1.54, 1.807) is 16.7 Å². The van der Waals surface area contributed by atoms with E-state index in [1.165, 1.54) is 0 Å². The molecule has 0 aliphatic carbocycles. The molecule has 1 heterocycles. The molecule has 1 aromatic carbocycles. The SMILES string of the molecule is Cc1ccc(C)c(-c2ccc(C(=O)O)n2CCO)c1. The van der Waals surface area contributed by atoms with Crippen molar-refractivity contribution in [1.82, 2.24) is 4.57 Å². The first-order valence-corrected chi connectivity index (χ1v) is 6.16. The van der Waals surface area contributed by atoms with Crippen LogP contribution in [0, 0.1) is 13.8 Å². The summed E-state index contributed by atoms with van der Waals surface area (Å²) < 4.78 is 1.64. The third kappa shape index (κ3) is 2.53. The van der Waals surface area contributed by atoms with Crippen LogP contribution in [0.3, 0.4) is 0 Å². The molecule has 0 radical (unpaired) electrons. The molecule has 1 aromatic heterocycles. The summed E-state index contributed by atoms with van der Waals surface area (Å²) in [5.41, 5.74) is 4.23. The zero-order chi connectivity index (χ0) is 14.0. The van der Waals surface area contributed by atoms with Gasteiger partial charge in [-0.25, -0.2) is 4.79 Å². The van der Waals surface area contributed by atoms with Gasteiger partial charge in [-0.1, -0.05) is 17.7 Å². The van der Waals surface area contributed by atoms with Crippen molar-refractivity contribution in [1.29, 1.82) is 0 Å². The summed E-state index contributed by atoms with van der Waals surface area (Å²) in [5.74, 6) is -0.981. The van der Waals surface area contributed by atoms with E-state index in [4.69, 9.17) is 5.11 Å². The third-order valence-electron chi connectivity index (χ3n) is 3.19. The number of aliphatic hydroxyl groups excluding tert-OH is 1. The molecule has 4 nitrogen and oxygen atoms in total. The molecular weight excluding hydrogens is 242 g/mol. The van der Waals surface area contributed by atoms with E-state index in [0.717, 1.165) is 22.4 Å². The van der Waals surface area contributed by atoms with Gasteiger partial charge in [0.25, 0.3) is 0 Å². The van der Waals surface area contributed by atoms with Gasteiger partial charge in [0.2, 0.25) is 0 Å². The van der Waals surface area contributed by atoms with Gasteiger partial charge >= 0.3 is 5.97 Å². The van der Waals surface area contributed by atoms with E-state index in [2.05, 4.69) is 0 Å². The second-order valence-electron chi connectivity index (χ2n) is 4.60. The van der Waals surface area contributed by atoms with Gasteiger partial charge in [0.1, 0.15) is 5.69 Å². The normalized spacial score (nSPS) is 10.7. The topological polar surface area (TPSA) is 62.5 Å². The highest BCUT2D eigenvalue weighted by Crippen LogP contribution is 2.27. The highest BCUT2D eigenvalue weighted by atomic mass is 16.4. The highest BCUT2D eigenvalue weighted by Gasteiger charge is 2.15. The Morgan fingerprint density at radius 2 is 1.95 bits per heavy atom. The van der Waals surface area contributed by atoms with Crippen molar-refractivity contribution in [3.05, 3.63) is 47.2 Å². The van der Waals surface area contributed by atoms with Crippen molar-refractivity contribution in [3.8, 4) is 11.3 Å². The van der Waals surface area contributed by atoms with Crippen LogP contribution in [-0.2, 0) is 6.54 Å². The Hall–Kier alpha value is -2.07. The van der Waals surface area contributed by atoms with E-state index in [-0.39, 0.29) is 18.8 Å². The summed E-state index contributed by atoms with van der Waals surface area (Å²) in [5, 5.41) is 18.3. The summed E-state index contributed by atoms with van der Waals surface area (Å²) in [4.78, 5) is 11.2. The van der Waals surface area contributed by atoms with Gasteiger partial charge in [-0.05, 0) is 37.6 Å². The van der Waals surface area contributed by atoms with Gasteiger partial charge in [0, 0.05) is 17.8 Å². The Balaban J connectivity index is 2.61. The van der Waals surface area contributed by atoms with E-state index < -0.39 is 5.97 Å². The van der Waals surface area contributed by atoms with Crippen molar-refractivity contribution in [2.45, 2.75) is 20.4 Å². The lowest BCUT2D eigenvalue weighted by Gasteiger charge is -2.13. The number of aliphatic hydroxyl groups is 1. The second-order valence-corrected chi connectivity index (χ2v) is 4.60. The molecule has 0 amide bonds. The van der Waals surface area contributed by atoms with Crippen molar-refractivity contribution < 1.29 is 15.0 Å². The smallest absolute Gasteiger partial charge is 0.352 e. The Bertz CT molecular complexity index is 614. The fourth-order valence-electron chi connectivity index (χ4n) is 2.24. The van der Waals surface area contributed by atoms with Crippen LogP contribution in [0.2, 0.25) is 0 Å². The van der Waals surface area contributed by atoms with Crippen molar-refractivity contribution in [2.24, 2.45) is 0 Å². The lowest BCUT2D eigenvalue weighted by atomic mass is 10.0. The number of rotatable bonds is 4. The van der Waals surface area contributed by atoms with Crippen LogP contribution in [0.5, 0.6) is 0 Å². The summed E-state index contributed by atoms with van der Waals surface area (Å²) in [7, 11) is 0. The first kappa shape index (κ1) is 13.4. The summed E-state index contributed by atoms with van der Waals surface area (Å²) >= 11 is 0. The first-order chi connectivity index (χ1) is 9.04. The van der Waals surface area contributed by atoms with Crippen LogP contribution in [-0.4, -0.2) is 27.4 Å². The summed E-state index contributed by atoms with van der Waals surface area (Å²) in [6, 6.07) is 9.44. The average Bonchev–Trinajstić information content (AvgIpc) is 2.76. The standard InChI is InChI=1S/C15H17NO3/c1-10-3-4-11(2)12(9-10)13-5-6-14(15(18)19)16(13)7-8-17/h3-6,9,17H,7-8H2,1-2H3,(H,18,19). The number of aromatic nitrogens is 1. The zero-order valence-electron chi connectivity index (χ0n) is 11.1. The number of aromatic carboxylic acids is 1. The molecule has 19 heavy (non-hydrogen) atoms. The number of carboxylic acid groups (broad SMARTS) is 1. The maximum Gasteiger partial charge on any atom is 0.352 e. The minimum Gasteiger partial charge on any atom is -0.477 e. The van der Waals surface area contributed by atoms with Crippen LogP contribution in [0.15, 0.2) is 30.3 Å². The zero-order valence-corrected chi connectivity index (χ0v) is 11.1. The van der Waals surface area contributed by atoms with Crippen LogP contribution in [0.25, 0.3) is 11.3 Å². The maximum absolute atomic E-state index is 11.2. The quantitative estimate of drug-likeness (QED) is 0.886. The van der Waals surface area contributed by atoms with E-state index in [9.17, 15) is 9.90 Å². The number of nitrogens with zero attached hydrogens (tertiary/aromatic N) is 1. The number of carboxylic acids is 1. The minimum atomic E-state index is -0.981. The number of hydrogen-bond donors (Lipinski definition) is 2. The van der Waals surface area contributed by atoms with Gasteiger partial charge in [-0.2, -0.15) is 0 Å². The molecule has 0 atom stereocenters. The number of benzene rings is 1. The maximum atomic E-state index is 11.2. The predicted octanol–water partition coefficient (Wildman–Crippen LogP) is 2.46. The number of hydrogen-bond acceptors (Lipinski definition) is 2. The van der Waals surface area contributed by atoms with Gasteiger partial charge in [-0.15, -0.1) is 0 Å². The van der Waals surface area contributed by atoms with Crippen LogP contribution < -0.4 is 0 Å². The lowest BCUT2D eigenvalue weighted by Crippen LogP contribution is -2.12. The summed E-state index contributed by atoms with van der Waals surface area (Å²) in [6.45, 7) is 4.18. The molecule has 0 saturated heterocycles. The van der Waals surface area contributed by atoms with Crippen LogP contribution in [0.4, 0.5) is 0 Å². The largest absolute Gasteiger partial charge is 0.477 e. The molecule has 0 saturated carbocycles. The molecular formula is C15H17NO3. The lowest BCUT2D eigenvalue weighted by molar-refractivity contribution is 0.0684. The van der Waals surface area contributed by atoms with Gasteiger partial charge in [-0.3, -0.25) is 0 Å². The predicted molar refractivity (Wildman–Crippen MR) is 73.4 cm³/mol. The van der Waals surface area contributed by atoms with E-state index in [1.807, 2.05) is 32.0 Å². The Morgan fingerprint density at radius 1 is 1.21 bits per heavy atom. The highest BCUT2D eigenvalue weighted by molar-refractivity contribution is 5.87. The molecule has 100 valence electrons. The van der Waals surface area contributed by atoms with Gasteiger partial charge < -0.3 is 14.8 Å². The summed E-state index contributed by atoms with van der Waals surface area (Å²) in [6.07, 6.45) is 0. The Kier molecular flexibility index (Phi) is 3.71. The monoisotopic (exact) mass is 259 g/mol. The van der Waals surface area contributed by atoms with Gasteiger partial charge in [0.05, 0.1) is 6.61 Å². The molecule has 2 rings (SSSR count). The minimum absolute atomic E-state index is 0.0905. The van der Waals surface area contributed by atoms with E-state index in [0.29, 0.717) is 0 Å². The Morgan fingerprint density at radius 3 is 2.58 bits per heavy atom. The molecule has 2 aromatic rings. The molecule has 4 heteroatoms. The van der Waals surface area contributed by atoms with Gasteiger partial charge in [0.15, 0.2) is 0 Å². The fraction of sp³-hybridized carbons (Fsp3) is 0.267. The van der Waals surface area contributed by atoms with Crippen LogP contribution >= 0.6 is 0 Å². The van der Waals surface area contributed by atoms with Crippen molar-refractivity contribution in [3.63, 3.8) is 0 Å². The molecule has 0 aliphatic heterocycles. The third-order valence-corrected chi connectivity index (χ3v) is 3.19. The molecule has 0 spiro atoms. The van der Waals surface area contributed by atoms with Crippen LogP contribution in [0.1, 0.15) is 21.6 Å². The second kappa shape index (κ2) is 5.28. The Labute approximate surface area is 111 Å². The molecule has 0 aliphatic rings. The van der Waals surface area contributed by atoms with Crippen molar-refractivity contribution in [2.75, 3.05) is 6.61 Å². The number of carbonyl (C=O) groups is 1. The molecule has 0 bridgehead atoms. The van der Waals surface area contributed by atoms with E-state index >= 15 is 0 Å². The van der Waals surface area contributed by atoms with Crippen molar-refractivity contribution >= 4 is 5.97 Å². The molecule has 0 fully saturated rings. The number of aryl methyl sites for hydroxylation is 2.